The third-order valence-electron chi connectivity index (χ3n) is 5.00. The summed E-state index contributed by atoms with van der Waals surface area (Å²) in [5, 5.41) is 10.4. The third-order valence-corrected chi connectivity index (χ3v) is 7.64. The van der Waals surface area contributed by atoms with E-state index in [0.717, 1.165) is 10.5 Å². The van der Waals surface area contributed by atoms with Gasteiger partial charge in [0.05, 0.1) is 10.6 Å². The number of anilines is 2. The summed E-state index contributed by atoms with van der Waals surface area (Å²) in [4.78, 5) is 13.8. The van der Waals surface area contributed by atoms with E-state index in [1.54, 1.807) is 43.0 Å². The number of thioether (sulfide) groups is 1. The molecule has 0 radical (unpaired) electrons. The molecule has 0 atom stereocenters. The van der Waals surface area contributed by atoms with Gasteiger partial charge in [-0.25, -0.2) is 8.42 Å². The van der Waals surface area contributed by atoms with Crippen LogP contribution >= 0.6 is 11.8 Å². The van der Waals surface area contributed by atoms with Gasteiger partial charge in [-0.05, 0) is 67.8 Å². The molecule has 0 saturated heterocycles. The molecule has 1 heterocycles. The minimum absolute atomic E-state index is 0.0486. The minimum Gasteiger partial charge on any atom is -0.403 e. The summed E-state index contributed by atoms with van der Waals surface area (Å²) >= 11 is 1.59. The lowest BCUT2D eigenvalue weighted by Crippen LogP contribution is -2.30. The lowest BCUT2D eigenvalue weighted by molar-refractivity contribution is 0.102. The van der Waals surface area contributed by atoms with E-state index in [-0.39, 0.29) is 28.9 Å². The second-order valence-corrected chi connectivity index (χ2v) is 9.87. The van der Waals surface area contributed by atoms with E-state index in [1.807, 2.05) is 36.6 Å². The van der Waals surface area contributed by atoms with Gasteiger partial charge < -0.3 is 4.42 Å². The first kappa shape index (κ1) is 23.5. The Morgan fingerprint density at radius 1 is 1.00 bits per heavy atom. The monoisotopic (exact) mass is 494 g/mol. The smallest absolute Gasteiger partial charge is 0.322 e. The van der Waals surface area contributed by atoms with Gasteiger partial charge in [0.25, 0.3) is 15.9 Å². The lowest BCUT2D eigenvalue weighted by Gasteiger charge is -2.22. The van der Waals surface area contributed by atoms with E-state index in [4.69, 9.17) is 4.42 Å². The fourth-order valence-corrected chi connectivity index (χ4v) is 5.24. The van der Waals surface area contributed by atoms with Crippen LogP contribution in [0.4, 0.5) is 11.7 Å². The van der Waals surface area contributed by atoms with Gasteiger partial charge in [0.2, 0.25) is 5.89 Å². The largest absolute Gasteiger partial charge is 0.403 e. The second kappa shape index (κ2) is 10.1. The predicted octanol–water partition coefficient (Wildman–Crippen LogP) is 4.93. The van der Waals surface area contributed by atoms with Crippen molar-refractivity contribution in [1.82, 2.24) is 10.2 Å². The number of carbonyl (C=O) groups excluding carboxylic acids is 1. The summed E-state index contributed by atoms with van der Waals surface area (Å²) in [5.74, 6) is -0.208. The van der Waals surface area contributed by atoms with Crippen molar-refractivity contribution in [3.8, 4) is 11.5 Å². The zero-order chi connectivity index (χ0) is 24.1. The summed E-state index contributed by atoms with van der Waals surface area (Å²) < 4.78 is 33.1. The predicted molar refractivity (Wildman–Crippen MR) is 133 cm³/mol. The maximum absolute atomic E-state index is 13.1. The molecule has 34 heavy (non-hydrogen) atoms. The number of amides is 1. The molecule has 1 aromatic heterocycles. The first-order valence-electron chi connectivity index (χ1n) is 10.4. The Bertz CT molecular complexity index is 1390. The van der Waals surface area contributed by atoms with Crippen LogP contribution in [0.3, 0.4) is 0 Å². The standard InChI is InChI=1S/C24H22N4O4S2/c1-3-28(19-9-5-4-6-10-19)34(30,31)21-14-12-17(13-15-21)22(29)25-24-27-26-23(32-24)18-8-7-11-20(16-18)33-2/h4-16H,3H2,1-2H3,(H,25,27,29). The number of para-hydroxylation sites is 1. The molecule has 3 aromatic carbocycles. The van der Waals surface area contributed by atoms with Crippen molar-refractivity contribution in [3.05, 3.63) is 84.4 Å². The molecule has 0 bridgehead atoms. The maximum atomic E-state index is 13.1. The van der Waals surface area contributed by atoms with Crippen LogP contribution in [-0.4, -0.2) is 37.3 Å². The molecular weight excluding hydrogens is 472 g/mol. The molecule has 0 aliphatic rings. The molecule has 4 rings (SSSR count). The number of nitrogens with one attached hydrogen (secondary N) is 1. The van der Waals surface area contributed by atoms with Crippen LogP contribution in [0.15, 0.2) is 93.1 Å². The lowest BCUT2D eigenvalue weighted by atomic mass is 10.2. The zero-order valence-electron chi connectivity index (χ0n) is 18.5. The van der Waals surface area contributed by atoms with Gasteiger partial charge in [0.1, 0.15) is 0 Å². The summed E-state index contributed by atoms with van der Waals surface area (Å²) in [6.45, 7) is 2.04. The van der Waals surface area contributed by atoms with E-state index in [0.29, 0.717) is 5.69 Å². The average molecular weight is 495 g/mol. The van der Waals surface area contributed by atoms with Gasteiger partial charge in [-0.15, -0.1) is 16.9 Å². The normalized spacial score (nSPS) is 11.2. The van der Waals surface area contributed by atoms with E-state index in [9.17, 15) is 13.2 Å². The van der Waals surface area contributed by atoms with Crippen LogP contribution in [0, 0.1) is 0 Å². The molecule has 1 amide bonds. The molecule has 0 aliphatic heterocycles. The zero-order valence-corrected chi connectivity index (χ0v) is 20.1. The summed E-state index contributed by atoms with van der Waals surface area (Å²) in [5.41, 5.74) is 1.57. The first-order valence-corrected chi connectivity index (χ1v) is 13.1. The van der Waals surface area contributed by atoms with E-state index in [1.165, 1.54) is 28.6 Å². The van der Waals surface area contributed by atoms with Crippen molar-refractivity contribution < 1.29 is 17.6 Å². The van der Waals surface area contributed by atoms with Crippen LogP contribution in [0.5, 0.6) is 0 Å². The van der Waals surface area contributed by atoms with Crippen molar-refractivity contribution in [1.29, 1.82) is 0 Å². The number of hydrogen-bond acceptors (Lipinski definition) is 7. The molecule has 4 aromatic rings. The van der Waals surface area contributed by atoms with Gasteiger partial charge in [-0.2, -0.15) is 0 Å². The molecule has 10 heteroatoms. The summed E-state index contributed by atoms with van der Waals surface area (Å²) in [6.07, 6.45) is 1.97. The third kappa shape index (κ3) is 4.97. The quantitative estimate of drug-likeness (QED) is 0.346. The highest BCUT2D eigenvalue weighted by atomic mass is 32.2. The molecule has 0 unspecified atom stereocenters. The summed E-state index contributed by atoms with van der Waals surface area (Å²) in [7, 11) is -3.78. The van der Waals surface area contributed by atoms with Gasteiger partial charge in [-0.1, -0.05) is 29.4 Å². The van der Waals surface area contributed by atoms with Crippen molar-refractivity contribution in [3.63, 3.8) is 0 Å². The first-order chi connectivity index (χ1) is 16.4. The van der Waals surface area contributed by atoms with Crippen molar-refractivity contribution in [2.24, 2.45) is 0 Å². The SMILES string of the molecule is CCN(c1ccccc1)S(=O)(=O)c1ccc(C(=O)Nc2nnc(-c3cccc(SC)c3)o2)cc1. The van der Waals surface area contributed by atoms with E-state index >= 15 is 0 Å². The van der Waals surface area contributed by atoms with Gasteiger partial charge in [-0.3, -0.25) is 14.4 Å². The Hall–Kier alpha value is -3.63. The van der Waals surface area contributed by atoms with Gasteiger partial charge in [0, 0.05) is 22.6 Å². The van der Waals surface area contributed by atoms with E-state index < -0.39 is 15.9 Å². The number of benzene rings is 3. The molecule has 8 nitrogen and oxygen atoms in total. The number of nitrogens with zero attached hydrogens (tertiary/aromatic N) is 3. The highest BCUT2D eigenvalue weighted by molar-refractivity contribution is 7.98. The minimum atomic E-state index is -3.78. The fraction of sp³-hybridized carbons (Fsp3) is 0.125. The molecule has 0 aliphatic carbocycles. The highest BCUT2D eigenvalue weighted by Gasteiger charge is 2.24. The average Bonchev–Trinajstić information content (AvgIpc) is 3.33. The van der Waals surface area contributed by atoms with Crippen LogP contribution in [0.25, 0.3) is 11.5 Å². The Labute approximate surface area is 202 Å². The Kier molecular flexibility index (Phi) is 6.99. The molecule has 0 saturated carbocycles. The molecule has 174 valence electrons. The number of aromatic nitrogens is 2. The van der Waals surface area contributed by atoms with Crippen LogP contribution in [0.1, 0.15) is 17.3 Å². The van der Waals surface area contributed by atoms with Crippen molar-refractivity contribution in [2.75, 3.05) is 22.4 Å². The Morgan fingerprint density at radius 3 is 2.41 bits per heavy atom. The number of carbonyl (C=O) groups is 1. The molecule has 0 fully saturated rings. The second-order valence-electron chi connectivity index (χ2n) is 7.13. The van der Waals surface area contributed by atoms with Crippen molar-refractivity contribution in [2.45, 2.75) is 16.7 Å². The highest BCUT2D eigenvalue weighted by Crippen LogP contribution is 2.26. The topological polar surface area (TPSA) is 105 Å². The van der Waals surface area contributed by atoms with Crippen LogP contribution in [-0.2, 0) is 10.0 Å². The fourth-order valence-electron chi connectivity index (χ4n) is 3.31. The molecular formula is C24H22N4O4S2. The Balaban J connectivity index is 1.49. The van der Waals surface area contributed by atoms with E-state index in [2.05, 4.69) is 15.5 Å². The molecule has 1 N–H and O–H groups in total. The Morgan fingerprint density at radius 2 is 1.74 bits per heavy atom. The van der Waals surface area contributed by atoms with Gasteiger partial charge in [0.15, 0.2) is 0 Å². The van der Waals surface area contributed by atoms with Crippen molar-refractivity contribution >= 4 is 39.4 Å². The number of hydrogen-bond donors (Lipinski definition) is 1. The molecule has 0 spiro atoms. The van der Waals surface area contributed by atoms with Crippen LogP contribution < -0.4 is 9.62 Å². The number of sulfonamides is 1. The number of rotatable bonds is 8. The van der Waals surface area contributed by atoms with Crippen LogP contribution in [0.2, 0.25) is 0 Å². The maximum Gasteiger partial charge on any atom is 0.322 e. The van der Waals surface area contributed by atoms with Gasteiger partial charge >= 0.3 is 6.01 Å². The summed E-state index contributed by atoms with van der Waals surface area (Å²) in [6, 6.07) is 22.1.